The number of nitrogens with one attached hydrogen (secondary N) is 1. The average Bonchev–Trinajstić information content (AvgIpc) is 2.50. The van der Waals surface area contributed by atoms with Gasteiger partial charge in [-0.05, 0) is 24.3 Å². The summed E-state index contributed by atoms with van der Waals surface area (Å²) in [5, 5.41) is 12.3. The second-order valence-electron chi connectivity index (χ2n) is 4.69. The lowest BCUT2D eigenvalue weighted by Crippen LogP contribution is -2.26. The van der Waals surface area contributed by atoms with Crippen LogP contribution in [0.3, 0.4) is 0 Å². The Hall–Kier alpha value is -2.63. The minimum absolute atomic E-state index is 0.0317. The summed E-state index contributed by atoms with van der Waals surface area (Å²) in [7, 11) is 3.45. The minimum Gasteiger partial charge on any atom is -0.478 e. The molecule has 6 heteroatoms. The zero-order valence-corrected chi connectivity index (χ0v) is 12.0. The molecule has 1 heterocycles. The van der Waals surface area contributed by atoms with Crippen molar-refractivity contribution in [3.63, 3.8) is 0 Å². The summed E-state index contributed by atoms with van der Waals surface area (Å²) >= 11 is 0. The van der Waals surface area contributed by atoms with Crippen molar-refractivity contribution in [2.24, 2.45) is 0 Å². The maximum atomic E-state index is 11.3. The predicted octanol–water partition coefficient (Wildman–Crippen LogP) is 1.51. The highest BCUT2D eigenvalue weighted by Crippen LogP contribution is 2.21. The van der Waals surface area contributed by atoms with Gasteiger partial charge in [0.15, 0.2) is 0 Å². The molecule has 1 aromatic carbocycles. The van der Waals surface area contributed by atoms with Gasteiger partial charge in [0.2, 0.25) is 5.91 Å². The topological polar surface area (TPSA) is 82.5 Å². The number of carbonyl (C=O) groups excluding carboxylic acids is 1. The van der Waals surface area contributed by atoms with Crippen LogP contribution in [-0.4, -0.2) is 42.6 Å². The fourth-order valence-electron chi connectivity index (χ4n) is 2.05. The molecule has 0 aliphatic carbocycles. The van der Waals surface area contributed by atoms with Crippen molar-refractivity contribution >= 4 is 28.6 Å². The van der Waals surface area contributed by atoms with Gasteiger partial charge in [-0.25, -0.2) is 9.78 Å². The van der Waals surface area contributed by atoms with Crippen LogP contribution in [0.5, 0.6) is 0 Å². The molecule has 21 heavy (non-hydrogen) atoms. The molecule has 0 radical (unpaired) electrons. The van der Waals surface area contributed by atoms with Crippen LogP contribution in [0.15, 0.2) is 30.3 Å². The molecular formula is C15H17N3O3. The van der Waals surface area contributed by atoms with E-state index in [1.165, 1.54) is 0 Å². The number of fused-ring (bicyclic) bond motifs is 1. The SMILES string of the molecule is CNC(=O)CCN(C)c1ccc2c(C(=O)O)cccc2n1. The lowest BCUT2D eigenvalue weighted by Gasteiger charge is -2.18. The molecule has 1 aromatic heterocycles. The molecule has 0 spiro atoms. The molecule has 0 atom stereocenters. The van der Waals surface area contributed by atoms with Crippen molar-refractivity contribution in [1.29, 1.82) is 0 Å². The summed E-state index contributed by atoms with van der Waals surface area (Å²) in [5.41, 5.74) is 0.860. The Balaban J connectivity index is 2.27. The molecular weight excluding hydrogens is 270 g/mol. The number of hydrogen-bond donors (Lipinski definition) is 2. The first-order chi connectivity index (χ1) is 10.0. The van der Waals surface area contributed by atoms with E-state index in [0.717, 1.165) is 0 Å². The maximum Gasteiger partial charge on any atom is 0.336 e. The summed E-state index contributed by atoms with van der Waals surface area (Å²) in [6, 6.07) is 8.52. The highest BCUT2D eigenvalue weighted by Gasteiger charge is 2.11. The van der Waals surface area contributed by atoms with Gasteiger partial charge < -0.3 is 15.3 Å². The number of aromatic nitrogens is 1. The van der Waals surface area contributed by atoms with Gasteiger partial charge in [-0.1, -0.05) is 6.07 Å². The monoisotopic (exact) mass is 287 g/mol. The van der Waals surface area contributed by atoms with Crippen LogP contribution in [-0.2, 0) is 4.79 Å². The first-order valence-corrected chi connectivity index (χ1v) is 6.57. The highest BCUT2D eigenvalue weighted by atomic mass is 16.4. The summed E-state index contributed by atoms with van der Waals surface area (Å²) in [6.45, 7) is 0.538. The van der Waals surface area contributed by atoms with E-state index in [0.29, 0.717) is 29.7 Å². The van der Waals surface area contributed by atoms with Gasteiger partial charge >= 0.3 is 5.97 Å². The first-order valence-electron chi connectivity index (χ1n) is 6.57. The molecule has 0 aliphatic heterocycles. The smallest absolute Gasteiger partial charge is 0.336 e. The Labute approximate surface area is 122 Å². The van der Waals surface area contributed by atoms with Crippen LogP contribution < -0.4 is 10.2 Å². The fourth-order valence-corrected chi connectivity index (χ4v) is 2.05. The minimum atomic E-state index is -0.969. The Kier molecular flexibility index (Phi) is 4.37. The number of rotatable bonds is 5. The Bertz CT molecular complexity index is 685. The number of carboxylic acid groups (broad SMARTS) is 1. The molecule has 0 fully saturated rings. The van der Waals surface area contributed by atoms with Crippen molar-refractivity contribution in [3.8, 4) is 0 Å². The molecule has 0 bridgehead atoms. The van der Waals surface area contributed by atoms with Crippen LogP contribution in [0.1, 0.15) is 16.8 Å². The van der Waals surface area contributed by atoms with E-state index in [4.69, 9.17) is 5.11 Å². The fraction of sp³-hybridized carbons (Fsp3) is 0.267. The second-order valence-corrected chi connectivity index (χ2v) is 4.69. The molecule has 2 aromatic rings. The van der Waals surface area contributed by atoms with Crippen molar-refractivity contribution in [1.82, 2.24) is 10.3 Å². The van der Waals surface area contributed by atoms with Crippen molar-refractivity contribution in [2.45, 2.75) is 6.42 Å². The van der Waals surface area contributed by atoms with Crippen molar-refractivity contribution < 1.29 is 14.7 Å². The number of nitrogens with zero attached hydrogens (tertiary/aromatic N) is 2. The summed E-state index contributed by atoms with van der Waals surface area (Å²) in [6.07, 6.45) is 0.377. The molecule has 0 saturated carbocycles. The van der Waals surface area contributed by atoms with E-state index in [1.807, 2.05) is 11.9 Å². The number of carboxylic acids is 1. The van der Waals surface area contributed by atoms with Gasteiger partial charge in [-0.15, -0.1) is 0 Å². The third-order valence-corrected chi connectivity index (χ3v) is 3.29. The quantitative estimate of drug-likeness (QED) is 0.871. The number of anilines is 1. The first kappa shape index (κ1) is 14.8. The maximum absolute atomic E-state index is 11.3. The summed E-state index contributed by atoms with van der Waals surface area (Å²) in [4.78, 5) is 28.7. The standard InChI is InChI=1S/C15H17N3O3/c1-16-14(19)8-9-18(2)13-7-6-10-11(15(20)21)4-3-5-12(10)17-13/h3-7H,8-9H2,1-2H3,(H,16,19)(H,20,21). The number of amides is 1. The molecule has 0 saturated heterocycles. The zero-order chi connectivity index (χ0) is 15.4. The number of carbonyl (C=O) groups is 2. The number of pyridine rings is 1. The lowest BCUT2D eigenvalue weighted by atomic mass is 10.1. The molecule has 0 aliphatic rings. The largest absolute Gasteiger partial charge is 0.478 e. The van der Waals surface area contributed by atoms with E-state index in [1.54, 1.807) is 37.4 Å². The average molecular weight is 287 g/mol. The third kappa shape index (κ3) is 3.28. The van der Waals surface area contributed by atoms with E-state index in [9.17, 15) is 9.59 Å². The highest BCUT2D eigenvalue weighted by molar-refractivity contribution is 6.02. The number of aromatic carboxylic acids is 1. The molecule has 6 nitrogen and oxygen atoms in total. The predicted molar refractivity (Wildman–Crippen MR) is 80.7 cm³/mol. The molecule has 110 valence electrons. The zero-order valence-electron chi connectivity index (χ0n) is 12.0. The van der Waals surface area contributed by atoms with Gasteiger partial charge in [-0.3, -0.25) is 4.79 Å². The van der Waals surface area contributed by atoms with E-state index >= 15 is 0 Å². The molecule has 2 N–H and O–H groups in total. The lowest BCUT2D eigenvalue weighted by molar-refractivity contribution is -0.120. The Morgan fingerprint density at radius 3 is 2.71 bits per heavy atom. The summed E-state index contributed by atoms with van der Waals surface area (Å²) < 4.78 is 0. The van der Waals surface area contributed by atoms with Crippen LogP contribution in [0.25, 0.3) is 10.9 Å². The van der Waals surface area contributed by atoms with Gasteiger partial charge in [0, 0.05) is 32.4 Å². The normalized spacial score (nSPS) is 10.4. The third-order valence-electron chi connectivity index (χ3n) is 3.29. The van der Waals surface area contributed by atoms with Crippen molar-refractivity contribution in [2.75, 3.05) is 25.5 Å². The van der Waals surface area contributed by atoms with Crippen molar-refractivity contribution in [3.05, 3.63) is 35.9 Å². The van der Waals surface area contributed by atoms with Gasteiger partial charge in [0.25, 0.3) is 0 Å². The van der Waals surface area contributed by atoms with Gasteiger partial charge in [-0.2, -0.15) is 0 Å². The molecule has 1 amide bonds. The Morgan fingerprint density at radius 1 is 1.29 bits per heavy atom. The van der Waals surface area contributed by atoms with Gasteiger partial charge in [0.05, 0.1) is 11.1 Å². The molecule has 2 rings (SSSR count). The van der Waals surface area contributed by atoms with Gasteiger partial charge in [0.1, 0.15) is 5.82 Å². The van der Waals surface area contributed by atoms with E-state index in [2.05, 4.69) is 10.3 Å². The van der Waals surface area contributed by atoms with E-state index in [-0.39, 0.29) is 11.5 Å². The van der Waals surface area contributed by atoms with E-state index < -0.39 is 5.97 Å². The second kappa shape index (κ2) is 6.21. The van der Waals surface area contributed by atoms with Crippen LogP contribution in [0.2, 0.25) is 0 Å². The molecule has 0 unspecified atom stereocenters. The van der Waals surface area contributed by atoms with Crippen LogP contribution in [0.4, 0.5) is 5.82 Å². The van der Waals surface area contributed by atoms with Crippen LogP contribution in [0, 0.1) is 0 Å². The number of hydrogen-bond acceptors (Lipinski definition) is 4. The van der Waals surface area contributed by atoms with Crippen LogP contribution >= 0.6 is 0 Å². The number of benzene rings is 1. The summed E-state index contributed by atoms with van der Waals surface area (Å²) in [5.74, 6) is -0.298. The Morgan fingerprint density at radius 2 is 2.05 bits per heavy atom.